The first-order valence-electron chi connectivity index (χ1n) is 2.31. The van der Waals surface area contributed by atoms with E-state index in [2.05, 4.69) is 6.92 Å². The van der Waals surface area contributed by atoms with Gasteiger partial charge >= 0.3 is 0 Å². The average Bonchev–Trinajstić information content (AvgIpc) is 1.65. The number of hydrogen-bond acceptors (Lipinski definition) is 1. The van der Waals surface area contributed by atoms with E-state index in [1.807, 2.05) is 32.0 Å². The monoisotopic (exact) mass is 98.1 g/mol. The van der Waals surface area contributed by atoms with Crippen molar-refractivity contribution in [1.29, 1.82) is 0 Å². The minimum atomic E-state index is 1.19. The van der Waals surface area contributed by atoms with E-state index in [-0.39, 0.29) is 0 Å². The van der Waals surface area contributed by atoms with Crippen LogP contribution in [0.4, 0.5) is 0 Å². The van der Waals surface area contributed by atoms with Crippen LogP contribution in [0, 0.1) is 6.92 Å². The van der Waals surface area contributed by atoms with Gasteiger partial charge < -0.3 is 4.90 Å². The highest BCUT2D eigenvalue weighted by molar-refractivity contribution is 4.96. The molecule has 0 N–H and O–H groups in total. The summed E-state index contributed by atoms with van der Waals surface area (Å²) < 4.78 is 0. The summed E-state index contributed by atoms with van der Waals surface area (Å²) in [7, 11) is 3.99. The molecule has 0 aliphatic rings. The van der Waals surface area contributed by atoms with Crippen LogP contribution in [-0.4, -0.2) is 19.0 Å². The highest BCUT2D eigenvalue weighted by atomic mass is 15.1. The summed E-state index contributed by atoms with van der Waals surface area (Å²) in [4.78, 5) is 2.02. The van der Waals surface area contributed by atoms with Crippen molar-refractivity contribution >= 4 is 0 Å². The van der Waals surface area contributed by atoms with Crippen molar-refractivity contribution in [2.75, 3.05) is 14.1 Å². The molecule has 0 rings (SSSR count). The molecular weight excluding hydrogens is 86.1 g/mol. The molecule has 0 spiro atoms. The summed E-state index contributed by atoms with van der Waals surface area (Å²) in [5.41, 5.74) is 1.19. The Balaban J connectivity index is 3.56. The second kappa shape index (κ2) is 2.67. The summed E-state index contributed by atoms with van der Waals surface area (Å²) >= 11 is 0. The minimum absolute atomic E-state index is 1.19. The fourth-order valence-electron chi connectivity index (χ4n) is 0.183. The summed E-state index contributed by atoms with van der Waals surface area (Å²) in [6.07, 6.45) is 1.83. The topological polar surface area (TPSA) is 3.24 Å². The van der Waals surface area contributed by atoms with E-state index >= 15 is 0 Å². The van der Waals surface area contributed by atoms with E-state index in [4.69, 9.17) is 0 Å². The number of rotatable bonds is 1. The van der Waals surface area contributed by atoms with Crippen LogP contribution in [0.25, 0.3) is 0 Å². The van der Waals surface area contributed by atoms with Crippen LogP contribution in [0.3, 0.4) is 0 Å². The molecule has 0 heterocycles. The van der Waals surface area contributed by atoms with Gasteiger partial charge in [0.05, 0.1) is 0 Å². The van der Waals surface area contributed by atoms with Gasteiger partial charge in [0.15, 0.2) is 0 Å². The third-order valence-electron chi connectivity index (χ3n) is 1.00. The standard InChI is InChI=1S/C6H12N/c1-5-6(2)7(3)4/h5H,1H2,2-4H3. The van der Waals surface area contributed by atoms with Gasteiger partial charge in [0, 0.05) is 19.8 Å². The zero-order valence-corrected chi connectivity index (χ0v) is 5.23. The highest BCUT2D eigenvalue weighted by Crippen LogP contribution is 1.91. The zero-order chi connectivity index (χ0) is 5.86. The lowest BCUT2D eigenvalue weighted by atomic mass is 10.4. The van der Waals surface area contributed by atoms with Crippen LogP contribution in [0.5, 0.6) is 0 Å². The third-order valence-corrected chi connectivity index (χ3v) is 1.00. The molecular formula is C6H12N. The second-order valence-electron chi connectivity index (χ2n) is 1.74. The zero-order valence-electron chi connectivity index (χ0n) is 5.23. The molecule has 0 saturated heterocycles. The molecule has 0 unspecified atom stereocenters. The second-order valence-corrected chi connectivity index (χ2v) is 1.74. The van der Waals surface area contributed by atoms with Crippen LogP contribution >= 0.6 is 0 Å². The Bertz CT molecular complexity index is 72.2. The Kier molecular flexibility index (Phi) is 2.49. The molecule has 0 aliphatic heterocycles. The number of nitrogens with zero attached hydrogens (tertiary/aromatic N) is 1. The van der Waals surface area contributed by atoms with Gasteiger partial charge in [-0.15, -0.1) is 0 Å². The minimum Gasteiger partial charge on any atom is -0.381 e. The van der Waals surface area contributed by atoms with Gasteiger partial charge in [0.1, 0.15) is 0 Å². The number of hydrogen-bond donors (Lipinski definition) is 0. The number of allylic oxidation sites excluding steroid dienone is 2. The third kappa shape index (κ3) is 2.26. The molecule has 1 nitrogen and oxygen atoms in total. The average molecular weight is 98.2 g/mol. The fourth-order valence-corrected chi connectivity index (χ4v) is 0.183. The van der Waals surface area contributed by atoms with E-state index < -0.39 is 0 Å². The fraction of sp³-hybridized carbons (Fsp3) is 0.500. The quantitative estimate of drug-likeness (QED) is 0.477. The molecule has 0 bridgehead atoms. The lowest BCUT2D eigenvalue weighted by Gasteiger charge is -2.10. The van der Waals surface area contributed by atoms with Crippen molar-refractivity contribution in [2.24, 2.45) is 0 Å². The highest BCUT2D eigenvalue weighted by Gasteiger charge is 1.83. The molecule has 1 radical (unpaired) electrons. The smallest absolute Gasteiger partial charge is 0.00579 e. The van der Waals surface area contributed by atoms with E-state index in [1.165, 1.54) is 5.70 Å². The van der Waals surface area contributed by atoms with Gasteiger partial charge in [-0.3, -0.25) is 0 Å². The first-order valence-corrected chi connectivity index (χ1v) is 2.31. The maximum atomic E-state index is 3.60. The maximum Gasteiger partial charge on any atom is 0.00579 e. The molecule has 0 aromatic heterocycles. The van der Waals surface area contributed by atoms with Crippen molar-refractivity contribution in [3.63, 3.8) is 0 Å². The summed E-state index contributed by atoms with van der Waals surface area (Å²) in [5.74, 6) is 0. The van der Waals surface area contributed by atoms with Crippen molar-refractivity contribution < 1.29 is 0 Å². The van der Waals surface area contributed by atoms with E-state index in [9.17, 15) is 0 Å². The predicted octanol–water partition coefficient (Wildman–Crippen LogP) is 1.29. The van der Waals surface area contributed by atoms with E-state index in [0.717, 1.165) is 0 Å². The van der Waals surface area contributed by atoms with Crippen molar-refractivity contribution in [2.45, 2.75) is 6.92 Å². The van der Waals surface area contributed by atoms with Gasteiger partial charge in [0.25, 0.3) is 0 Å². The molecule has 0 aromatic rings. The van der Waals surface area contributed by atoms with Crippen molar-refractivity contribution in [3.05, 3.63) is 18.7 Å². The van der Waals surface area contributed by atoms with Crippen molar-refractivity contribution in [3.8, 4) is 0 Å². The SMILES string of the molecule is [CH2]C=C(C)N(C)C. The first-order chi connectivity index (χ1) is 3.18. The molecule has 0 fully saturated rings. The summed E-state index contributed by atoms with van der Waals surface area (Å²) in [6.45, 7) is 5.62. The maximum absolute atomic E-state index is 3.60. The van der Waals surface area contributed by atoms with Crippen molar-refractivity contribution in [1.82, 2.24) is 4.90 Å². The largest absolute Gasteiger partial charge is 0.381 e. The van der Waals surface area contributed by atoms with Gasteiger partial charge in [-0.1, -0.05) is 6.08 Å². The predicted molar refractivity (Wildman–Crippen MR) is 32.8 cm³/mol. The van der Waals surface area contributed by atoms with Crippen LogP contribution in [0.1, 0.15) is 6.92 Å². The summed E-state index contributed by atoms with van der Waals surface area (Å²) in [6, 6.07) is 0. The van der Waals surface area contributed by atoms with Crippen LogP contribution < -0.4 is 0 Å². The lowest BCUT2D eigenvalue weighted by molar-refractivity contribution is 0.514. The van der Waals surface area contributed by atoms with Gasteiger partial charge in [0.2, 0.25) is 0 Å². The normalized spacial score (nSPS) is 11.7. The van der Waals surface area contributed by atoms with Gasteiger partial charge in [-0.05, 0) is 13.8 Å². The molecule has 0 aliphatic carbocycles. The van der Waals surface area contributed by atoms with Crippen LogP contribution in [-0.2, 0) is 0 Å². The van der Waals surface area contributed by atoms with Gasteiger partial charge in [-0.2, -0.15) is 0 Å². The molecule has 0 atom stereocenters. The summed E-state index contributed by atoms with van der Waals surface area (Å²) in [5, 5.41) is 0. The molecule has 1 heteroatoms. The van der Waals surface area contributed by atoms with E-state index in [1.54, 1.807) is 0 Å². The first kappa shape index (κ1) is 6.54. The Hall–Kier alpha value is -0.460. The Morgan fingerprint density at radius 2 is 2.00 bits per heavy atom. The molecule has 41 valence electrons. The molecule has 7 heavy (non-hydrogen) atoms. The lowest BCUT2D eigenvalue weighted by Crippen LogP contribution is -2.07. The Morgan fingerprint density at radius 1 is 1.57 bits per heavy atom. The van der Waals surface area contributed by atoms with Crippen LogP contribution in [0.2, 0.25) is 0 Å². The van der Waals surface area contributed by atoms with E-state index in [0.29, 0.717) is 0 Å². The molecule has 0 aromatic carbocycles. The Labute approximate surface area is 45.6 Å². The molecule has 0 saturated carbocycles. The Morgan fingerprint density at radius 3 is 2.00 bits per heavy atom. The van der Waals surface area contributed by atoms with Crippen LogP contribution in [0.15, 0.2) is 11.8 Å². The van der Waals surface area contributed by atoms with Gasteiger partial charge in [-0.25, -0.2) is 0 Å². The molecule has 0 amide bonds.